The maximum Gasteiger partial charge on any atom is 0.339 e. The second-order valence-electron chi connectivity index (χ2n) is 4.57. The number of carboxylic acids is 1. The minimum Gasteiger partial charge on any atom is -0.478 e. The first-order valence-electron chi connectivity index (χ1n) is 6.20. The number of carboxylic acid groups (broad SMARTS) is 1. The van der Waals surface area contributed by atoms with Gasteiger partial charge in [-0.05, 0) is 6.42 Å². The van der Waals surface area contributed by atoms with Crippen molar-refractivity contribution < 1.29 is 14.6 Å². The van der Waals surface area contributed by atoms with Crippen LogP contribution in [0.15, 0.2) is 6.20 Å². The molecule has 1 aromatic heterocycles. The summed E-state index contributed by atoms with van der Waals surface area (Å²) < 4.78 is 7.24. The Morgan fingerprint density at radius 2 is 2.44 bits per heavy atom. The lowest BCUT2D eigenvalue weighted by atomic mass is 10.2. The molecular formula is C12H19N3O3. The molecule has 0 aromatic carbocycles. The lowest BCUT2D eigenvalue weighted by Crippen LogP contribution is -2.42. The Bertz CT molecular complexity index is 430. The third-order valence-electron chi connectivity index (χ3n) is 3.34. The van der Waals surface area contributed by atoms with E-state index in [2.05, 4.69) is 16.9 Å². The molecular weight excluding hydrogens is 234 g/mol. The minimum atomic E-state index is -0.918. The lowest BCUT2D eigenvalue weighted by molar-refractivity contribution is -0.0331. The predicted molar refractivity (Wildman–Crippen MR) is 65.5 cm³/mol. The van der Waals surface area contributed by atoms with Crippen molar-refractivity contribution in [1.82, 2.24) is 14.7 Å². The van der Waals surface area contributed by atoms with Crippen molar-refractivity contribution in [1.29, 1.82) is 0 Å². The van der Waals surface area contributed by atoms with E-state index in [1.54, 1.807) is 11.7 Å². The highest BCUT2D eigenvalue weighted by Crippen LogP contribution is 2.15. The Labute approximate surface area is 106 Å². The van der Waals surface area contributed by atoms with Crippen LogP contribution in [0.1, 0.15) is 29.4 Å². The Morgan fingerprint density at radius 3 is 3.11 bits per heavy atom. The van der Waals surface area contributed by atoms with Crippen LogP contribution in [-0.2, 0) is 18.3 Å². The molecule has 0 bridgehead atoms. The van der Waals surface area contributed by atoms with Crippen molar-refractivity contribution in [3.8, 4) is 0 Å². The quantitative estimate of drug-likeness (QED) is 0.856. The zero-order chi connectivity index (χ0) is 13.1. The maximum absolute atomic E-state index is 11.1. The van der Waals surface area contributed by atoms with Gasteiger partial charge in [-0.15, -0.1) is 0 Å². The lowest BCUT2D eigenvalue weighted by Gasteiger charge is -2.32. The van der Waals surface area contributed by atoms with E-state index in [-0.39, 0.29) is 11.7 Å². The van der Waals surface area contributed by atoms with E-state index in [0.29, 0.717) is 13.2 Å². The number of aryl methyl sites for hydroxylation is 1. The number of aromatic carboxylic acids is 1. The number of aromatic nitrogens is 2. The Hall–Kier alpha value is -1.40. The van der Waals surface area contributed by atoms with E-state index >= 15 is 0 Å². The van der Waals surface area contributed by atoms with Gasteiger partial charge in [-0.3, -0.25) is 9.58 Å². The monoisotopic (exact) mass is 253 g/mol. The molecule has 0 radical (unpaired) electrons. The molecule has 6 nitrogen and oxygen atoms in total. The van der Waals surface area contributed by atoms with E-state index in [9.17, 15) is 4.79 Å². The molecule has 1 atom stereocenters. The largest absolute Gasteiger partial charge is 0.478 e. The first-order chi connectivity index (χ1) is 8.61. The zero-order valence-electron chi connectivity index (χ0n) is 10.8. The number of morpholine rings is 1. The van der Waals surface area contributed by atoms with Gasteiger partial charge in [0.1, 0.15) is 5.56 Å². The van der Waals surface area contributed by atoms with Crippen LogP contribution in [0, 0.1) is 0 Å². The van der Waals surface area contributed by atoms with Crippen molar-refractivity contribution in [2.45, 2.75) is 26.0 Å². The molecule has 1 saturated heterocycles. The molecule has 1 aliphatic heterocycles. The number of rotatable bonds is 4. The zero-order valence-corrected chi connectivity index (χ0v) is 10.8. The molecule has 1 aromatic rings. The number of hydrogen-bond acceptors (Lipinski definition) is 4. The molecule has 100 valence electrons. The standard InChI is InChI=1S/C12H19N3O3/c1-3-9-7-15(4-5-18-9)8-11-10(12(16)17)6-13-14(11)2/h6,9H,3-5,7-8H2,1-2H3,(H,16,17). The smallest absolute Gasteiger partial charge is 0.339 e. The first kappa shape index (κ1) is 13.0. The van der Waals surface area contributed by atoms with Gasteiger partial charge in [-0.2, -0.15) is 5.10 Å². The van der Waals surface area contributed by atoms with Crippen molar-refractivity contribution in [2.75, 3.05) is 19.7 Å². The van der Waals surface area contributed by atoms with Crippen LogP contribution in [0.3, 0.4) is 0 Å². The van der Waals surface area contributed by atoms with Gasteiger partial charge in [0, 0.05) is 26.7 Å². The average molecular weight is 253 g/mol. The molecule has 0 saturated carbocycles. The van der Waals surface area contributed by atoms with Crippen LogP contribution in [0.25, 0.3) is 0 Å². The molecule has 18 heavy (non-hydrogen) atoms. The van der Waals surface area contributed by atoms with Gasteiger partial charge in [0.25, 0.3) is 0 Å². The number of nitrogens with zero attached hydrogens (tertiary/aromatic N) is 3. The third kappa shape index (κ3) is 2.70. The van der Waals surface area contributed by atoms with Gasteiger partial charge in [0.05, 0.1) is 24.6 Å². The molecule has 2 rings (SSSR count). The molecule has 1 fully saturated rings. The number of ether oxygens (including phenoxy) is 1. The van der Waals surface area contributed by atoms with Crippen molar-refractivity contribution >= 4 is 5.97 Å². The van der Waals surface area contributed by atoms with E-state index in [1.807, 2.05) is 0 Å². The number of carbonyl (C=O) groups is 1. The molecule has 1 N–H and O–H groups in total. The number of hydrogen-bond donors (Lipinski definition) is 1. The van der Waals surface area contributed by atoms with Gasteiger partial charge in [-0.25, -0.2) is 4.79 Å². The van der Waals surface area contributed by atoms with Crippen molar-refractivity contribution in [2.24, 2.45) is 7.05 Å². The normalized spacial score (nSPS) is 21.1. The fourth-order valence-electron chi connectivity index (χ4n) is 2.21. The van der Waals surface area contributed by atoms with Crippen LogP contribution in [0.5, 0.6) is 0 Å². The topological polar surface area (TPSA) is 67.6 Å². The third-order valence-corrected chi connectivity index (χ3v) is 3.34. The summed E-state index contributed by atoms with van der Waals surface area (Å²) >= 11 is 0. The SMILES string of the molecule is CCC1CN(Cc2c(C(=O)O)cnn2C)CCO1. The summed E-state index contributed by atoms with van der Waals surface area (Å²) in [7, 11) is 1.78. The van der Waals surface area contributed by atoms with Crippen LogP contribution in [0.4, 0.5) is 0 Å². The van der Waals surface area contributed by atoms with E-state index < -0.39 is 5.97 Å². The van der Waals surface area contributed by atoms with E-state index in [0.717, 1.165) is 25.2 Å². The van der Waals surface area contributed by atoms with Gasteiger partial charge >= 0.3 is 5.97 Å². The summed E-state index contributed by atoms with van der Waals surface area (Å²) in [5, 5.41) is 13.1. The van der Waals surface area contributed by atoms with Gasteiger partial charge < -0.3 is 9.84 Å². The molecule has 2 heterocycles. The van der Waals surface area contributed by atoms with Crippen LogP contribution in [0.2, 0.25) is 0 Å². The van der Waals surface area contributed by atoms with Crippen LogP contribution < -0.4 is 0 Å². The van der Waals surface area contributed by atoms with Crippen molar-refractivity contribution in [3.63, 3.8) is 0 Å². The Kier molecular flexibility index (Phi) is 3.98. The highest BCUT2D eigenvalue weighted by Gasteiger charge is 2.22. The molecule has 6 heteroatoms. The van der Waals surface area contributed by atoms with Crippen molar-refractivity contribution in [3.05, 3.63) is 17.5 Å². The summed E-state index contributed by atoms with van der Waals surface area (Å²) in [6.07, 6.45) is 2.64. The molecule has 0 aliphatic carbocycles. The Morgan fingerprint density at radius 1 is 1.67 bits per heavy atom. The summed E-state index contributed by atoms with van der Waals surface area (Å²) in [6, 6.07) is 0. The molecule has 1 unspecified atom stereocenters. The summed E-state index contributed by atoms with van der Waals surface area (Å²) in [6.45, 7) is 5.10. The van der Waals surface area contributed by atoms with Gasteiger partial charge in [0.2, 0.25) is 0 Å². The molecule has 0 spiro atoms. The maximum atomic E-state index is 11.1. The van der Waals surface area contributed by atoms with Gasteiger partial charge in [-0.1, -0.05) is 6.92 Å². The van der Waals surface area contributed by atoms with E-state index in [1.165, 1.54) is 6.20 Å². The first-order valence-corrected chi connectivity index (χ1v) is 6.20. The summed E-state index contributed by atoms with van der Waals surface area (Å²) in [5.41, 5.74) is 1.04. The highest BCUT2D eigenvalue weighted by atomic mass is 16.5. The fourth-order valence-corrected chi connectivity index (χ4v) is 2.21. The van der Waals surface area contributed by atoms with E-state index in [4.69, 9.17) is 9.84 Å². The second kappa shape index (κ2) is 5.49. The summed E-state index contributed by atoms with van der Waals surface area (Å²) in [5.74, 6) is -0.918. The average Bonchev–Trinajstić information content (AvgIpc) is 2.71. The highest BCUT2D eigenvalue weighted by molar-refractivity contribution is 5.88. The second-order valence-corrected chi connectivity index (χ2v) is 4.57. The molecule has 1 aliphatic rings. The van der Waals surface area contributed by atoms with Crippen LogP contribution >= 0.6 is 0 Å². The predicted octanol–water partition coefficient (Wildman–Crippen LogP) is 0.729. The van der Waals surface area contributed by atoms with Crippen LogP contribution in [-0.4, -0.2) is 51.6 Å². The summed E-state index contributed by atoms with van der Waals surface area (Å²) in [4.78, 5) is 13.3. The van der Waals surface area contributed by atoms with Gasteiger partial charge in [0.15, 0.2) is 0 Å². The minimum absolute atomic E-state index is 0.250. The Balaban J connectivity index is 2.09. The molecule has 0 amide bonds. The fraction of sp³-hybridized carbons (Fsp3) is 0.667.